The van der Waals surface area contributed by atoms with Crippen molar-refractivity contribution >= 4 is 41.5 Å². The van der Waals surface area contributed by atoms with Crippen molar-refractivity contribution in [2.75, 3.05) is 19.6 Å². The van der Waals surface area contributed by atoms with Gasteiger partial charge in [0, 0.05) is 6.54 Å². The third-order valence-corrected chi connectivity index (χ3v) is 4.02. The van der Waals surface area contributed by atoms with E-state index in [0.717, 1.165) is 18.0 Å². The van der Waals surface area contributed by atoms with Gasteiger partial charge in [-0.1, -0.05) is 35.3 Å². The molecular formula is C14H19Cl3N2O. The minimum absolute atomic E-state index is 0. The first-order valence-electron chi connectivity index (χ1n) is 6.57. The van der Waals surface area contributed by atoms with Gasteiger partial charge in [0.25, 0.3) is 0 Å². The van der Waals surface area contributed by atoms with Crippen LogP contribution in [0.25, 0.3) is 0 Å². The highest BCUT2D eigenvalue weighted by molar-refractivity contribution is 6.42. The first kappa shape index (κ1) is 17.6. The second kappa shape index (κ2) is 8.73. The molecule has 0 saturated heterocycles. The van der Waals surface area contributed by atoms with Crippen LogP contribution in [-0.4, -0.2) is 25.5 Å². The third-order valence-electron chi connectivity index (χ3n) is 3.16. The molecule has 0 radical (unpaired) electrons. The number of hydrogen-bond acceptors (Lipinski definition) is 2. The van der Waals surface area contributed by atoms with E-state index in [2.05, 4.69) is 10.6 Å². The largest absolute Gasteiger partial charge is 0.355 e. The average molecular weight is 338 g/mol. The smallest absolute Gasteiger partial charge is 0.233 e. The molecule has 6 heteroatoms. The van der Waals surface area contributed by atoms with Crippen LogP contribution in [0.2, 0.25) is 10.0 Å². The number of carbonyl (C=O) groups is 1. The molecular weight excluding hydrogens is 319 g/mol. The Balaban J connectivity index is 0.00000200. The van der Waals surface area contributed by atoms with Crippen LogP contribution < -0.4 is 10.6 Å². The van der Waals surface area contributed by atoms with Crippen molar-refractivity contribution in [2.24, 2.45) is 5.92 Å². The van der Waals surface area contributed by atoms with Gasteiger partial charge in [0.2, 0.25) is 5.91 Å². The Bertz CT molecular complexity index is 450. The lowest BCUT2D eigenvalue weighted by molar-refractivity contribution is -0.120. The fraction of sp³-hybridized carbons (Fsp3) is 0.500. The highest BCUT2D eigenvalue weighted by Crippen LogP contribution is 2.27. The highest BCUT2D eigenvalue weighted by atomic mass is 35.5. The number of halogens is 3. The molecule has 0 spiro atoms. The Morgan fingerprint density at radius 3 is 2.75 bits per heavy atom. The minimum Gasteiger partial charge on any atom is -0.355 e. The van der Waals surface area contributed by atoms with Crippen molar-refractivity contribution < 1.29 is 4.79 Å². The van der Waals surface area contributed by atoms with Crippen molar-refractivity contribution in [1.29, 1.82) is 0 Å². The molecule has 0 atom stereocenters. The summed E-state index contributed by atoms with van der Waals surface area (Å²) in [5.74, 6) is 0.817. The van der Waals surface area contributed by atoms with Crippen LogP contribution in [0.5, 0.6) is 0 Å². The lowest BCUT2D eigenvalue weighted by Crippen LogP contribution is -2.35. The van der Waals surface area contributed by atoms with E-state index in [1.807, 2.05) is 12.1 Å². The Morgan fingerprint density at radius 2 is 2.05 bits per heavy atom. The number of rotatable bonds is 7. The molecule has 1 aliphatic carbocycles. The molecule has 1 amide bonds. The summed E-state index contributed by atoms with van der Waals surface area (Å²) in [5, 5.41) is 7.15. The predicted molar refractivity (Wildman–Crippen MR) is 86.0 cm³/mol. The molecule has 0 aromatic heterocycles. The lowest BCUT2D eigenvalue weighted by atomic mass is 10.1. The fourth-order valence-corrected chi connectivity index (χ4v) is 2.27. The second-order valence-electron chi connectivity index (χ2n) is 4.89. The molecule has 1 fully saturated rings. The topological polar surface area (TPSA) is 41.1 Å². The standard InChI is InChI=1S/C14H18Cl2N2O.ClH/c15-12-3-1-2-11(14(12)16)6-7-18-13(19)9-17-8-10-4-5-10;/h1-3,10,17H,4-9H2,(H,18,19);1H. The summed E-state index contributed by atoms with van der Waals surface area (Å²) in [4.78, 5) is 11.6. The Hall–Kier alpha value is -0.480. The maximum Gasteiger partial charge on any atom is 0.233 e. The number of hydrogen-bond donors (Lipinski definition) is 2. The van der Waals surface area contributed by atoms with E-state index in [-0.39, 0.29) is 18.3 Å². The quantitative estimate of drug-likeness (QED) is 0.803. The molecule has 0 aliphatic heterocycles. The molecule has 3 nitrogen and oxygen atoms in total. The SMILES string of the molecule is Cl.O=C(CNCC1CC1)NCCc1cccc(Cl)c1Cl. The van der Waals surface area contributed by atoms with Crippen LogP contribution in [-0.2, 0) is 11.2 Å². The first-order valence-corrected chi connectivity index (χ1v) is 7.32. The van der Waals surface area contributed by atoms with Crippen molar-refractivity contribution in [3.63, 3.8) is 0 Å². The van der Waals surface area contributed by atoms with E-state index >= 15 is 0 Å². The van der Waals surface area contributed by atoms with Gasteiger partial charge in [0.05, 0.1) is 16.6 Å². The summed E-state index contributed by atoms with van der Waals surface area (Å²) >= 11 is 12.0. The monoisotopic (exact) mass is 336 g/mol. The van der Waals surface area contributed by atoms with Gasteiger partial charge in [0.1, 0.15) is 0 Å². The van der Waals surface area contributed by atoms with E-state index < -0.39 is 0 Å². The van der Waals surface area contributed by atoms with Gasteiger partial charge in [-0.25, -0.2) is 0 Å². The third kappa shape index (κ3) is 5.88. The Labute approximate surface area is 135 Å². The highest BCUT2D eigenvalue weighted by Gasteiger charge is 2.20. The summed E-state index contributed by atoms with van der Waals surface area (Å²) in [5.41, 5.74) is 0.959. The summed E-state index contributed by atoms with van der Waals surface area (Å²) < 4.78 is 0. The molecule has 0 bridgehead atoms. The predicted octanol–water partition coefficient (Wildman–Crippen LogP) is 3.07. The van der Waals surface area contributed by atoms with Gasteiger partial charge in [-0.15, -0.1) is 12.4 Å². The summed E-state index contributed by atoms with van der Waals surface area (Å²) in [6.45, 7) is 1.91. The van der Waals surface area contributed by atoms with E-state index in [0.29, 0.717) is 29.6 Å². The maximum absolute atomic E-state index is 11.6. The Morgan fingerprint density at radius 1 is 1.30 bits per heavy atom. The van der Waals surface area contributed by atoms with Crippen LogP contribution in [0.4, 0.5) is 0 Å². The molecule has 112 valence electrons. The molecule has 0 heterocycles. The first-order chi connectivity index (χ1) is 9.16. The van der Waals surface area contributed by atoms with Crippen molar-refractivity contribution in [2.45, 2.75) is 19.3 Å². The average Bonchev–Trinajstić information content (AvgIpc) is 3.19. The maximum atomic E-state index is 11.6. The van der Waals surface area contributed by atoms with Crippen molar-refractivity contribution in [1.82, 2.24) is 10.6 Å². The van der Waals surface area contributed by atoms with Crippen LogP contribution >= 0.6 is 35.6 Å². The zero-order valence-corrected chi connectivity index (χ0v) is 13.5. The van der Waals surface area contributed by atoms with E-state index in [9.17, 15) is 4.79 Å². The molecule has 1 aromatic rings. The molecule has 20 heavy (non-hydrogen) atoms. The zero-order chi connectivity index (χ0) is 13.7. The normalized spacial score (nSPS) is 13.7. The lowest BCUT2D eigenvalue weighted by Gasteiger charge is -2.08. The van der Waals surface area contributed by atoms with Crippen LogP contribution in [0.15, 0.2) is 18.2 Å². The number of amides is 1. The van der Waals surface area contributed by atoms with Gasteiger partial charge >= 0.3 is 0 Å². The van der Waals surface area contributed by atoms with Gasteiger partial charge in [-0.2, -0.15) is 0 Å². The molecule has 1 aliphatic rings. The summed E-state index contributed by atoms with van der Waals surface area (Å²) in [6, 6.07) is 5.54. The molecule has 1 saturated carbocycles. The van der Waals surface area contributed by atoms with Gasteiger partial charge in [-0.05, 0) is 43.4 Å². The molecule has 1 aromatic carbocycles. The van der Waals surface area contributed by atoms with E-state index in [1.165, 1.54) is 12.8 Å². The van der Waals surface area contributed by atoms with Crippen molar-refractivity contribution in [3.05, 3.63) is 33.8 Å². The molecule has 0 unspecified atom stereocenters. The van der Waals surface area contributed by atoms with Crippen LogP contribution in [0, 0.1) is 5.92 Å². The Kier molecular flexibility index (Phi) is 7.67. The number of nitrogens with one attached hydrogen (secondary N) is 2. The van der Waals surface area contributed by atoms with Gasteiger partial charge in [-0.3, -0.25) is 4.79 Å². The van der Waals surface area contributed by atoms with Gasteiger partial charge < -0.3 is 10.6 Å². The summed E-state index contributed by atoms with van der Waals surface area (Å²) in [7, 11) is 0. The van der Waals surface area contributed by atoms with Gasteiger partial charge in [0.15, 0.2) is 0 Å². The molecule has 2 N–H and O–H groups in total. The van der Waals surface area contributed by atoms with Crippen LogP contribution in [0.1, 0.15) is 18.4 Å². The van der Waals surface area contributed by atoms with E-state index in [1.54, 1.807) is 6.07 Å². The molecule has 2 rings (SSSR count). The minimum atomic E-state index is 0. The fourth-order valence-electron chi connectivity index (χ4n) is 1.85. The summed E-state index contributed by atoms with van der Waals surface area (Å²) in [6.07, 6.45) is 3.28. The zero-order valence-electron chi connectivity index (χ0n) is 11.1. The second-order valence-corrected chi connectivity index (χ2v) is 5.67. The van der Waals surface area contributed by atoms with Crippen LogP contribution in [0.3, 0.4) is 0 Å². The number of carbonyl (C=O) groups excluding carboxylic acids is 1. The number of benzene rings is 1. The van der Waals surface area contributed by atoms with E-state index in [4.69, 9.17) is 23.2 Å². The van der Waals surface area contributed by atoms with Crippen molar-refractivity contribution in [3.8, 4) is 0 Å².